The van der Waals surface area contributed by atoms with Crippen LogP contribution in [-0.4, -0.2) is 46.4 Å². The zero-order chi connectivity index (χ0) is 18.4. The molecule has 2 heterocycles. The Morgan fingerprint density at radius 1 is 1.42 bits per heavy atom. The predicted octanol–water partition coefficient (Wildman–Crippen LogP) is 2.49. The fourth-order valence-electron chi connectivity index (χ4n) is 3.11. The first-order chi connectivity index (χ1) is 12.6. The van der Waals surface area contributed by atoms with Crippen molar-refractivity contribution in [3.63, 3.8) is 0 Å². The third-order valence-corrected chi connectivity index (χ3v) is 4.45. The van der Waals surface area contributed by atoms with E-state index in [4.69, 9.17) is 10.5 Å². The van der Waals surface area contributed by atoms with Gasteiger partial charge in [-0.1, -0.05) is 42.5 Å². The van der Waals surface area contributed by atoms with Gasteiger partial charge in [-0.2, -0.15) is 5.10 Å². The van der Waals surface area contributed by atoms with Gasteiger partial charge in [-0.25, -0.2) is 4.68 Å². The molecule has 0 radical (unpaired) electrons. The number of aromatic nitrogens is 2. The molecule has 1 amide bonds. The number of hydrogen-bond acceptors (Lipinski definition) is 4. The molecule has 0 aliphatic carbocycles. The fraction of sp³-hybridized carbons (Fsp3) is 0.400. The molecule has 1 aliphatic heterocycles. The molecule has 0 saturated carbocycles. The Labute approximate surface area is 154 Å². The second-order valence-electron chi connectivity index (χ2n) is 6.62. The molecule has 1 atom stereocenters. The van der Waals surface area contributed by atoms with Crippen molar-refractivity contribution in [1.82, 2.24) is 14.7 Å². The highest BCUT2D eigenvalue weighted by molar-refractivity contribution is 5.76. The van der Waals surface area contributed by atoms with Crippen LogP contribution >= 0.6 is 0 Å². The molecule has 1 aromatic carbocycles. The summed E-state index contributed by atoms with van der Waals surface area (Å²) in [4.78, 5) is 14.6. The predicted molar refractivity (Wildman–Crippen MR) is 102 cm³/mol. The molecule has 6 nitrogen and oxygen atoms in total. The summed E-state index contributed by atoms with van der Waals surface area (Å²) >= 11 is 0. The van der Waals surface area contributed by atoms with Crippen molar-refractivity contribution >= 4 is 17.8 Å². The molecular formula is C20H26N4O2. The first-order valence-electron chi connectivity index (χ1n) is 9.03. The number of carbonyl (C=O) groups is 1. The maximum Gasteiger partial charge on any atom is 0.244 e. The van der Waals surface area contributed by atoms with Gasteiger partial charge in [0.1, 0.15) is 12.4 Å². The molecule has 138 valence electrons. The molecule has 1 unspecified atom stereocenters. The van der Waals surface area contributed by atoms with Crippen molar-refractivity contribution in [2.45, 2.75) is 32.4 Å². The first-order valence-corrected chi connectivity index (χ1v) is 9.03. The Kier molecular flexibility index (Phi) is 6.07. The van der Waals surface area contributed by atoms with Crippen molar-refractivity contribution in [3.8, 4) is 0 Å². The highest BCUT2D eigenvalue weighted by atomic mass is 16.5. The maximum absolute atomic E-state index is 12.8. The minimum absolute atomic E-state index is 0.00647. The van der Waals surface area contributed by atoms with E-state index in [9.17, 15) is 4.79 Å². The highest BCUT2D eigenvalue weighted by Gasteiger charge is 2.22. The average molecular weight is 354 g/mol. The van der Waals surface area contributed by atoms with E-state index >= 15 is 0 Å². The Morgan fingerprint density at radius 3 is 2.88 bits per heavy atom. The average Bonchev–Trinajstić information content (AvgIpc) is 3.24. The lowest BCUT2D eigenvalue weighted by atomic mass is 10.2. The van der Waals surface area contributed by atoms with Crippen LogP contribution in [0.15, 0.2) is 42.5 Å². The van der Waals surface area contributed by atoms with Crippen LogP contribution in [-0.2, 0) is 16.1 Å². The highest BCUT2D eigenvalue weighted by Crippen LogP contribution is 2.14. The largest absolute Gasteiger partial charge is 0.384 e. The number of anilines is 1. The molecule has 2 aromatic rings. The lowest BCUT2D eigenvalue weighted by Gasteiger charge is -2.24. The van der Waals surface area contributed by atoms with Crippen LogP contribution in [0.4, 0.5) is 5.82 Å². The van der Waals surface area contributed by atoms with Gasteiger partial charge in [-0.15, -0.1) is 0 Å². The number of rotatable bonds is 7. The van der Waals surface area contributed by atoms with Gasteiger partial charge >= 0.3 is 0 Å². The zero-order valence-electron chi connectivity index (χ0n) is 15.2. The van der Waals surface area contributed by atoms with E-state index in [-0.39, 0.29) is 18.6 Å². The summed E-state index contributed by atoms with van der Waals surface area (Å²) in [5, 5.41) is 4.29. The van der Waals surface area contributed by atoms with E-state index in [0.717, 1.165) is 30.7 Å². The molecule has 2 N–H and O–H groups in total. The zero-order valence-corrected chi connectivity index (χ0v) is 15.2. The standard InChI is InChI=1S/C20H26N4O2/c1-16-13-19(21)24(22-16)15-20(25)23(14-18-10-6-12-26-18)11-5-9-17-7-3-2-4-8-17/h2-5,7-9,13,18H,6,10-12,14-15,21H2,1H3. The fourth-order valence-corrected chi connectivity index (χ4v) is 3.11. The second-order valence-corrected chi connectivity index (χ2v) is 6.62. The van der Waals surface area contributed by atoms with Gasteiger partial charge in [0.2, 0.25) is 5.91 Å². The van der Waals surface area contributed by atoms with Crippen LogP contribution in [0.5, 0.6) is 0 Å². The first kappa shape index (κ1) is 18.2. The normalized spacial score (nSPS) is 17.0. The summed E-state index contributed by atoms with van der Waals surface area (Å²) in [6.07, 6.45) is 6.20. The number of hydrogen-bond donors (Lipinski definition) is 1. The summed E-state index contributed by atoms with van der Waals surface area (Å²) in [5.41, 5.74) is 7.85. The lowest BCUT2D eigenvalue weighted by molar-refractivity contribution is -0.133. The van der Waals surface area contributed by atoms with Crippen molar-refractivity contribution in [2.24, 2.45) is 0 Å². The molecule has 6 heteroatoms. The summed E-state index contributed by atoms with van der Waals surface area (Å²) in [6, 6.07) is 11.8. The molecule has 1 aliphatic rings. The number of aryl methyl sites for hydroxylation is 1. The van der Waals surface area contributed by atoms with E-state index < -0.39 is 0 Å². The van der Waals surface area contributed by atoms with Gasteiger partial charge in [-0.3, -0.25) is 4.79 Å². The van der Waals surface area contributed by atoms with Crippen molar-refractivity contribution in [2.75, 3.05) is 25.4 Å². The summed E-state index contributed by atoms with van der Waals surface area (Å²) in [6.45, 7) is 3.92. The van der Waals surface area contributed by atoms with Gasteiger partial charge < -0.3 is 15.4 Å². The molecule has 1 aromatic heterocycles. The maximum atomic E-state index is 12.8. The molecule has 1 fully saturated rings. The minimum Gasteiger partial charge on any atom is -0.384 e. The van der Waals surface area contributed by atoms with Crippen molar-refractivity contribution in [3.05, 3.63) is 53.7 Å². The van der Waals surface area contributed by atoms with Gasteiger partial charge in [0.15, 0.2) is 0 Å². The van der Waals surface area contributed by atoms with Gasteiger partial charge in [-0.05, 0) is 25.3 Å². The van der Waals surface area contributed by atoms with Crippen LogP contribution in [0.25, 0.3) is 6.08 Å². The minimum atomic E-state index is -0.00647. The quantitative estimate of drug-likeness (QED) is 0.829. The molecule has 0 spiro atoms. The SMILES string of the molecule is Cc1cc(N)n(CC(=O)N(CC=Cc2ccccc2)CC2CCCO2)n1. The molecule has 1 saturated heterocycles. The van der Waals surface area contributed by atoms with Crippen LogP contribution in [0, 0.1) is 6.92 Å². The molecule has 0 bridgehead atoms. The third kappa shape index (κ3) is 4.95. The Balaban J connectivity index is 1.66. The number of benzene rings is 1. The molecule has 26 heavy (non-hydrogen) atoms. The van der Waals surface area contributed by atoms with Crippen LogP contribution in [0.2, 0.25) is 0 Å². The monoisotopic (exact) mass is 354 g/mol. The number of ether oxygens (including phenoxy) is 1. The van der Waals surface area contributed by atoms with E-state index in [0.29, 0.717) is 18.9 Å². The number of nitrogens with zero attached hydrogens (tertiary/aromatic N) is 3. The summed E-state index contributed by atoms with van der Waals surface area (Å²) in [7, 11) is 0. The van der Waals surface area contributed by atoms with Crippen LogP contribution in [0.1, 0.15) is 24.1 Å². The van der Waals surface area contributed by atoms with Crippen LogP contribution < -0.4 is 5.73 Å². The third-order valence-electron chi connectivity index (χ3n) is 4.45. The van der Waals surface area contributed by atoms with E-state index in [1.165, 1.54) is 0 Å². The Bertz CT molecular complexity index is 748. The number of amides is 1. The van der Waals surface area contributed by atoms with E-state index in [2.05, 4.69) is 5.10 Å². The number of nitrogen functional groups attached to an aromatic ring is 1. The summed E-state index contributed by atoms with van der Waals surface area (Å²) in [5.74, 6) is 0.501. The van der Waals surface area contributed by atoms with Gasteiger partial charge in [0.25, 0.3) is 0 Å². The second kappa shape index (κ2) is 8.67. The topological polar surface area (TPSA) is 73.4 Å². The Morgan fingerprint density at radius 2 is 2.23 bits per heavy atom. The summed E-state index contributed by atoms with van der Waals surface area (Å²) < 4.78 is 7.27. The number of nitrogens with two attached hydrogens (primary N) is 1. The van der Waals surface area contributed by atoms with Gasteiger partial charge in [0, 0.05) is 25.8 Å². The lowest BCUT2D eigenvalue weighted by Crippen LogP contribution is -2.39. The van der Waals surface area contributed by atoms with E-state index in [1.54, 1.807) is 10.7 Å². The van der Waals surface area contributed by atoms with Crippen LogP contribution in [0.3, 0.4) is 0 Å². The van der Waals surface area contributed by atoms with E-state index in [1.807, 2.05) is 54.3 Å². The van der Waals surface area contributed by atoms with Crippen molar-refractivity contribution < 1.29 is 9.53 Å². The molecular weight excluding hydrogens is 328 g/mol. The Hall–Kier alpha value is -2.60. The molecule has 3 rings (SSSR count). The van der Waals surface area contributed by atoms with Gasteiger partial charge in [0.05, 0.1) is 11.8 Å². The van der Waals surface area contributed by atoms with Crippen molar-refractivity contribution in [1.29, 1.82) is 0 Å². The smallest absolute Gasteiger partial charge is 0.244 e. The number of carbonyl (C=O) groups excluding carboxylic acids is 1.